The van der Waals surface area contributed by atoms with Crippen molar-refractivity contribution in [3.8, 4) is 0 Å². The molecule has 7 nitrogen and oxygen atoms in total. The third-order valence-corrected chi connectivity index (χ3v) is 3.90. The van der Waals surface area contributed by atoms with Gasteiger partial charge in [-0.3, -0.25) is 4.79 Å². The largest absolute Gasteiger partial charge is 0.480 e. The molecule has 0 heterocycles. The minimum atomic E-state index is -1.14. The van der Waals surface area contributed by atoms with Crippen LogP contribution < -0.4 is 10.6 Å². The highest BCUT2D eigenvalue weighted by Crippen LogP contribution is 2.17. The van der Waals surface area contributed by atoms with Crippen LogP contribution in [0.5, 0.6) is 0 Å². The van der Waals surface area contributed by atoms with Gasteiger partial charge in [0.05, 0.1) is 12.0 Å². The monoisotopic (exact) mass is 344 g/mol. The molecule has 0 aliphatic carbocycles. The van der Waals surface area contributed by atoms with Crippen LogP contribution in [0.3, 0.4) is 0 Å². The Kier molecular flexibility index (Phi) is 9.14. The number of ether oxygens (including phenoxy) is 1. The quantitative estimate of drug-likeness (QED) is 0.495. The molecule has 0 saturated heterocycles. The molecule has 0 aromatic carbocycles. The maximum Gasteiger partial charge on any atom is 0.326 e. The zero-order chi connectivity index (χ0) is 19.0. The predicted molar refractivity (Wildman–Crippen MR) is 91.9 cm³/mol. The van der Waals surface area contributed by atoms with Crippen LogP contribution in [0.25, 0.3) is 0 Å². The van der Waals surface area contributed by atoms with E-state index in [4.69, 9.17) is 9.84 Å². The van der Waals surface area contributed by atoms with Gasteiger partial charge in [-0.05, 0) is 54.5 Å². The second-order valence-electron chi connectivity index (χ2n) is 7.37. The fourth-order valence-corrected chi connectivity index (χ4v) is 2.00. The molecular weight excluding hydrogens is 312 g/mol. The van der Waals surface area contributed by atoms with E-state index < -0.39 is 23.5 Å². The summed E-state index contributed by atoms with van der Waals surface area (Å²) in [6.07, 6.45) is 1.05. The van der Waals surface area contributed by atoms with Gasteiger partial charge in [-0.2, -0.15) is 0 Å². The first-order valence-electron chi connectivity index (χ1n) is 8.23. The fraction of sp³-hybridized carbons (Fsp3) is 0.824. The predicted octanol–water partition coefficient (Wildman–Crippen LogP) is 1.50. The van der Waals surface area contributed by atoms with Gasteiger partial charge in [0.1, 0.15) is 11.8 Å². The van der Waals surface area contributed by atoms with E-state index in [1.54, 1.807) is 13.8 Å². The summed E-state index contributed by atoms with van der Waals surface area (Å²) in [4.78, 5) is 34.2. The van der Waals surface area contributed by atoms with Gasteiger partial charge in [0, 0.05) is 18.6 Å². The summed E-state index contributed by atoms with van der Waals surface area (Å²) in [5.74, 6) is -1.64. The first-order valence-corrected chi connectivity index (χ1v) is 8.23. The minimum Gasteiger partial charge on any atom is -0.480 e. The molecule has 0 saturated carbocycles. The average molecular weight is 344 g/mol. The normalized spacial score (nSPS) is 13.4. The van der Waals surface area contributed by atoms with Crippen molar-refractivity contribution in [2.45, 2.75) is 77.5 Å². The molecule has 0 fully saturated rings. The van der Waals surface area contributed by atoms with Crippen LogP contribution in [-0.4, -0.2) is 53.6 Å². The number of carboxylic acids is 1. The van der Waals surface area contributed by atoms with E-state index >= 15 is 0 Å². The van der Waals surface area contributed by atoms with Crippen molar-refractivity contribution >= 4 is 17.7 Å². The van der Waals surface area contributed by atoms with Crippen LogP contribution in [-0.2, 0) is 19.1 Å². The molecule has 0 bridgehead atoms. The summed E-state index contributed by atoms with van der Waals surface area (Å²) in [5.41, 5.74) is -0.753. The van der Waals surface area contributed by atoms with Gasteiger partial charge in [0.25, 0.3) is 0 Å². The Morgan fingerprint density at radius 2 is 1.75 bits per heavy atom. The zero-order valence-electron chi connectivity index (χ0n) is 15.7. The van der Waals surface area contributed by atoms with E-state index in [1.165, 1.54) is 6.92 Å². The van der Waals surface area contributed by atoms with E-state index in [0.717, 1.165) is 6.42 Å². The number of carboxylic acid groups (broad SMARTS) is 1. The van der Waals surface area contributed by atoms with Gasteiger partial charge in [-0.1, -0.05) is 0 Å². The van der Waals surface area contributed by atoms with E-state index in [-0.39, 0.29) is 30.6 Å². The standard InChI is InChI=1S/C17H32N2O5/c1-12(20)7-8-13(15(22)23)19-14(21)11-17(4,5)24-10-9-16(2,3)18-6/h13,18H,7-11H2,1-6H3,(H,19,21)(H,22,23). The number of hydrogen-bond donors (Lipinski definition) is 3. The maximum absolute atomic E-state index is 12.1. The topological polar surface area (TPSA) is 105 Å². The third kappa shape index (κ3) is 10.3. The molecule has 3 N–H and O–H groups in total. The molecule has 1 atom stereocenters. The molecule has 7 heteroatoms. The lowest BCUT2D eigenvalue weighted by Gasteiger charge is -2.29. The molecular formula is C17H32N2O5. The van der Waals surface area contributed by atoms with Crippen molar-refractivity contribution in [3.63, 3.8) is 0 Å². The van der Waals surface area contributed by atoms with E-state index in [0.29, 0.717) is 6.61 Å². The number of rotatable bonds is 12. The van der Waals surface area contributed by atoms with Crippen LogP contribution in [0.4, 0.5) is 0 Å². The first-order chi connectivity index (χ1) is 10.9. The Hall–Kier alpha value is -1.47. The highest BCUT2D eigenvalue weighted by molar-refractivity contribution is 5.84. The van der Waals surface area contributed by atoms with Crippen molar-refractivity contribution in [1.29, 1.82) is 0 Å². The number of Topliss-reactive ketones (excluding diaryl/α,β-unsaturated/α-hetero) is 1. The molecule has 0 aromatic rings. The second-order valence-corrected chi connectivity index (χ2v) is 7.37. The van der Waals surface area contributed by atoms with E-state index in [2.05, 4.69) is 24.5 Å². The van der Waals surface area contributed by atoms with Gasteiger partial charge in [-0.15, -0.1) is 0 Å². The van der Waals surface area contributed by atoms with Crippen molar-refractivity contribution < 1.29 is 24.2 Å². The Bertz CT molecular complexity index is 446. The lowest BCUT2D eigenvalue weighted by molar-refractivity contribution is -0.143. The highest BCUT2D eigenvalue weighted by Gasteiger charge is 2.27. The smallest absolute Gasteiger partial charge is 0.326 e. The molecule has 0 rings (SSSR count). The Morgan fingerprint density at radius 1 is 1.17 bits per heavy atom. The van der Waals surface area contributed by atoms with Crippen LogP contribution >= 0.6 is 0 Å². The number of carbonyl (C=O) groups excluding carboxylic acids is 2. The number of carbonyl (C=O) groups is 3. The van der Waals surface area contributed by atoms with Crippen molar-refractivity contribution in [3.05, 3.63) is 0 Å². The van der Waals surface area contributed by atoms with Crippen LogP contribution in [0, 0.1) is 0 Å². The second kappa shape index (κ2) is 9.74. The van der Waals surface area contributed by atoms with Gasteiger partial charge in [0.2, 0.25) is 5.91 Å². The highest BCUT2D eigenvalue weighted by atomic mass is 16.5. The summed E-state index contributed by atoms with van der Waals surface area (Å²) in [7, 11) is 1.88. The maximum atomic E-state index is 12.1. The summed E-state index contributed by atoms with van der Waals surface area (Å²) < 4.78 is 5.78. The molecule has 0 spiro atoms. The number of aliphatic carboxylic acids is 1. The molecule has 0 aliphatic rings. The Labute approximate surface area is 144 Å². The van der Waals surface area contributed by atoms with E-state index in [1.807, 2.05) is 7.05 Å². The van der Waals surface area contributed by atoms with Gasteiger partial charge < -0.3 is 25.3 Å². The van der Waals surface area contributed by atoms with Crippen molar-refractivity contribution in [1.82, 2.24) is 10.6 Å². The summed E-state index contributed by atoms with van der Waals surface area (Å²) in [6, 6.07) is -1.06. The van der Waals surface area contributed by atoms with E-state index in [9.17, 15) is 14.4 Å². The number of hydrogen-bond acceptors (Lipinski definition) is 5. The molecule has 0 radical (unpaired) electrons. The Balaban J connectivity index is 4.44. The first kappa shape index (κ1) is 22.5. The summed E-state index contributed by atoms with van der Waals surface area (Å²) >= 11 is 0. The minimum absolute atomic E-state index is 0.0524. The van der Waals surface area contributed by atoms with Crippen molar-refractivity contribution in [2.75, 3.05) is 13.7 Å². The molecule has 1 unspecified atom stereocenters. The fourth-order valence-electron chi connectivity index (χ4n) is 2.00. The van der Waals surface area contributed by atoms with Gasteiger partial charge >= 0.3 is 5.97 Å². The Morgan fingerprint density at radius 3 is 2.21 bits per heavy atom. The number of ketones is 1. The zero-order valence-corrected chi connectivity index (χ0v) is 15.7. The van der Waals surface area contributed by atoms with Gasteiger partial charge in [-0.25, -0.2) is 4.79 Å². The molecule has 24 heavy (non-hydrogen) atoms. The van der Waals surface area contributed by atoms with Gasteiger partial charge in [0.15, 0.2) is 0 Å². The SMILES string of the molecule is CNC(C)(C)CCOC(C)(C)CC(=O)NC(CCC(C)=O)C(=O)O. The summed E-state index contributed by atoms with van der Waals surface area (Å²) in [5, 5.41) is 14.8. The molecule has 0 aliphatic heterocycles. The molecule has 1 amide bonds. The number of amides is 1. The van der Waals surface area contributed by atoms with Crippen LogP contribution in [0.1, 0.15) is 60.3 Å². The van der Waals surface area contributed by atoms with Crippen LogP contribution in [0.2, 0.25) is 0 Å². The third-order valence-electron chi connectivity index (χ3n) is 3.90. The van der Waals surface area contributed by atoms with Crippen molar-refractivity contribution in [2.24, 2.45) is 0 Å². The van der Waals surface area contributed by atoms with Crippen LogP contribution in [0.15, 0.2) is 0 Å². The lowest BCUT2D eigenvalue weighted by atomic mass is 10.0. The number of nitrogens with one attached hydrogen (secondary N) is 2. The molecule has 0 aromatic heterocycles. The summed E-state index contributed by atoms with van der Waals surface area (Å²) in [6.45, 7) is 9.59. The lowest BCUT2D eigenvalue weighted by Crippen LogP contribution is -2.44. The molecule has 140 valence electrons. The average Bonchev–Trinajstić information content (AvgIpc) is 2.41.